The molecule has 5 nitrogen and oxygen atoms in total. The third-order valence-electron chi connectivity index (χ3n) is 4.49. The van der Waals surface area contributed by atoms with Gasteiger partial charge in [0.05, 0.1) is 7.11 Å². The number of hydrogen-bond donors (Lipinski definition) is 1. The molecule has 0 saturated carbocycles. The quantitative estimate of drug-likeness (QED) is 0.548. The molecule has 0 heterocycles. The molecule has 1 N–H and O–H groups in total. The second kappa shape index (κ2) is 10.2. The van der Waals surface area contributed by atoms with Crippen LogP contribution in [0.25, 0.3) is 0 Å². The van der Waals surface area contributed by atoms with Crippen LogP contribution < -0.4 is 14.8 Å². The van der Waals surface area contributed by atoms with Crippen LogP contribution in [0.2, 0.25) is 0 Å². The van der Waals surface area contributed by atoms with Crippen molar-refractivity contribution in [1.29, 1.82) is 0 Å². The normalized spacial score (nSPS) is 10.3. The van der Waals surface area contributed by atoms with Crippen LogP contribution in [0.15, 0.2) is 72.8 Å². The molecule has 0 aliphatic rings. The highest BCUT2D eigenvalue weighted by atomic mass is 19.1. The van der Waals surface area contributed by atoms with E-state index >= 15 is 0 Å². The third kappa shape index (κ3) is 5.91. The Kier molecular flexibility index (Phi) is 7.16. The van der Waals surface area contributed by atoms with Gasteiger partial charge in [-0.2, -0.15) is 0 Å². The van der Waals surface area contributed by atoms with E-state index in [4.69, 9.17) is 9.47 Å². The fourth-order valence-corrected chi connectivity index (χ4v) is 2.81. The topological polar surface area (TPSA) is 64.6 Å². The second-order valence-corrected chi connectivity index (χ2v) is 6.60. The number of amides is 1. The predicted molar refractivity (Wildman–Crippen MR) is 111 cm³/mol. The number of ether oxygens (including phenoxy) is 2. The summed E-state index contributed by atoms with van der Waals surface area (Å²) in [7, 11) is 1.62. The molecule has 1 amide bonds. The van der Waals surface area contributed by atoms with Crippen LogP contribution in [0.3, 0.4) is 0 Å². The highest BCUT2D eigenvalue weighted by Crippen LogP contribution is 2.16. The molecule has 0 atom stereocenters. The maximum absolute atomic E-state index is 13.0. The van der Waals surface area contributed by atoms with E-state index in [-0.39, 0.29) is 18.3 Å². The molecule has 0 saturated heterocycles. The van der Waals surface area contributed by atoms with Crippen LogP contribution in [-0.2, 0) is 11.2 Å². The number of benzene rings is 3. The van der Waals surface area contributed by atoms with Gasteiger partial charge in [-0.15, -0.1) is 0 Å². The molecule has 154 valence electrons. The van der Waals surface area contributed by atoms with Gasteiger partial charge in [0.15, 0.2) is 12.4 Å². The Balaban J connectivity index is 1.43. The molecule has 30 heavy (non-hydrogen) atoms. The van der Waals surface area contributed by atoms with Crippen molar-refractivity contribution in [2.75, 3.05) is 20.3 Å². The monoisotopic (exact) mass is 407 g/mol. The first-order chi connectivity index (χ1) is 14.5. The van der Waals surface area contributed by atoms with Crippen molar-refractivity contribution in [3.05, 3.63) is 95.3 Å². The second-order valence-electron chi connectivity index (χ2n) is 6.60. The van der Waals surface area contributed by atoms with Gasteiger partial charge in [0.1, 0.15) is 17.3 Å². The molecule has 0 aliphatic heterocycles. The summed E-state index contributed by atoms with van der Waals surface area (Å²) in [6.45, 7) is 0.382. The van der Waals surface area contributed by atoms with E-state index in [0.29, 0.717) is 29.8 Å². The molecular formula is C24H22FNO4. The zero-order valence-corrected chi connectivity index (χ0v) is 16.6. The summed E-state index contributed by atoms with van der Waals surface area (Å²) in [4.78, 5) is 24.3. The molecule has 0 unspecified atom stereocenters. The molecule has 0 spiro atoms. The van der Waals surface area contributed by atoms with Crippen molar-refractivity contribution in [3.8, 4) is 11.5 Å². The van der Waals surface area contributed by atoms with E-state index in [1.165, 1.54) is 24.3 Å². The lowest BCUT2D eigenvalue weighted by Gasteiger charge is -2.09. The highest BCUT2D eigenvalue weighted by molar-refractivity contribution is 6.09. The Morgan fingerprint density at radius 2 is 1.40 bits per heavy atom. The summed E-state index contributed by atoms with van der Waals surface area (Å²) in [5.41, 5.74) is 1.96. The van der Waals surface area contributed by atoms with Gasteiger partial charge in [-0.05, 0) is 72.6 Å². The van der Waals surface area contributed by atoms with Gasteiger partial charge in [0.25, 0.3) is 5.91 Å². The van der Waals surface area contributed by atoms with E-state index in [0.717, 1.165) is 11.3 Å². The van der Waals surface area contributed by atoms with E-state index in [9.17, 15) is 14.0 Å². The van der Waals surface area contributed by atoms with E-state index in [1.54, 1.807) is 31.4 Å². The number of methoxy groups -OCH3 is 1. The summed E-state index contributed by atoms with van der Waals surface area (Å²) < 4.78 is 23.6. The molecule has 0 aliphatic carbocycles. The van der Waals surface area contributed by atoms with Crippen molar-refractivity contribution < 1.29 is 23.5 Å². The standard InChI is InChI=1S/C24H22FNO4/c1-29-21-10-2-17(3-11-21)14-15-26-23(27)16-30-22-12-6-19(7-13-22)24(28)18-4-8-20(25)9-5-18/h2-13H,14-16H2,1H3,(H,26,27). The number of carbonyl (C=O) groups is 2. The number of rotatable bonds is 9. The largest absolute Gasteiger partial charge is 0.497 e. The molecule has 3 aromatic rings. The summed E-state index contributed by atoms with van der Waals surface area (Å²) >= 11 is 0. The SMILES string of the molecule is COc1ccc(CCNC(=O)COc2ccc(C(=O)c3ccc(F)cc3)cc2)cc1. The molecular weight excluding hydrogens is 385 g/mol. The van der Waals surface area contributed by atoms with Gasteiger partial charge >= 0.3 is 0 Å². The van der Waals surface area contributed by atoms with Crippen LogP contribution in [0, 0.1) is 5.82 Å². The van der Waals surface area contributed by atoms with Crippen LogP contribution >= 0.6 is 0 Å². The molecule has 0 fully saturated rings. The first kappa shape index (κ1) is 21.0. The van der Waals surface area contributed by atoms with E-state index in [1.807, 2.05) is 24.3 Å². The van der Waals surface area contributed by atoms with Crippen molar-refractivity contribution >= 4 is 11.7 Å². The van der Waals surface area contributed by atoms with Crippen molar-refractivity contribution in [3.63, 3.8) is 0 Å². The smallest absolute Gasteiger partial charge is 0.257 e. The molecule has 0 aromatic heterocycles. The maximum Gasteiger partial charge on any atom is 0.257 e. The van der Waals surface area contributed by atoms with Gasteiger partial charge in [-0.3, -0.25) is 9.59 Å². The van der Waals surface area contributed by atoms with E-state index in [2.05, 4.69) is 5.32 Å². The number of nitrogens with one attached hydrogen (secondary N) is 1. The minimum Gasteiger partial charge on any atom is -0.497 e. The van der Waals surface area contributed by atoms with Gasteiger partial charge in [0.2, 0.25) is 0 Å². The van der Waals surface area contributed by atoms with Crippen molar-refractivity contribution in [2.24, 2.45) is 0 Å². The molecule has 0 bridgehead atoms. The summed E-state index contributed by atoms with van der Waals surface area (Å²) in [6, 6.07) is 19.5. The number of carbonyl (C=O) groups excluding carboxylic acids is 2. The summed E-state index contributed by atoms with van der Waals surface area (Å²) in [5, 5.41) is 2.81. The third-order valence-corrected chi connectivity index (χ3v) is 4.49. The Morgan fingerprint density at radius 1 is 0.833 bits per heavy atom. The van der Waals surface area contributed by atoms with Crippen LogP contribution in [0.1, 0.15) is 21.5 Å². The van der Waals surface area contributed by atoms with Gasteiger partial charge in [-0.25, -0.2) is 4.39 Å². The number of ketones is 1. The lowest BCUT2D eigenvalue weighted by atomic mass is 10.0. The zero-order valence-electron chi connectivity index (χ0n) is 16.6. The fraction of sp³-hybridized carbons (Fsp3) is 0.167. The first-order valence-electron chi connectivity index (χ1n) is 9.48. The summed E-state index contributed by atoms with van der Waals surface area (Å²) in [5.74, 6) is 0.447. The Bertz CT molecular complexity index is 983. The van der Waals surface area contributed by atoms with Crippen molar-refractivity contribution in [1.82, 2.24) is 5.32 Å². The lowest BCUT2D eigenvalue weighted by Crippen LogP contribution is -2.30. The molecule has 6 heteroatoms. The maximum atomic E-state index is 13.0. The fourth-order valence-electron chi connectivity index (χ4n) is 2.81. The van der Waals surface area contributed by atoms with Crippen molar-refractivity contribution in [2.45, 2.75) is 6.42 Å². The molecule has 3 rings (SSSR count). The Morgan fingerprint density at radius 3 is 2.00 bits per heavy atom. The van der Waals surface area contributed by atoms with Crippen LogP contribution in [-0.4, -0.2) is 32.0 Å². The van der Waals surface area contributed by atoms with Crippen LogP contribution in [0.4, 0.5) is 4.39 Å². The lowest BCUT2D eigenvalue weighted by molar-refractivity contribution is -0.123. The zero-order chi connectivity index (χ0) is 21.3. The molecule has 0 radical (unpaired) electrons. The average Bonchev–Trinajstić information content (AvgIpc) is 2.78. The summed E-state index contributed by atoms with van der Waals surface area (Å²) in [6.07, 6.45) is 0.704. The minimum absolute atomic E-state index is 0.117. The number of hydrogen-bond acceptors (Lipinski definition) is 4. The Labute approximate surface area is 174 Å². The highest BCUT2D eigenvalue weighted by Gasteiger charge is 2.10. The molecule has 3 aromatic carbocycles. The van der Waals surface area contributed by atoms with Gasteiger partial charge < -0.3 is 14.8 Å². The van der Waals surface area contributed by atoms with E-state index < -0.39 is 5.82 Å². The Hall–Kier alpha value is -3.67. The average molecular weight is 407 g/mol. The predicted octanol–water partition coefficient (Wildman–Crippen LogP) is 3.80. The minimum atomic E-state index is -0.391. The van der Waals surface area contributed by atoms with Gasteiger partial charge in [-0.1, -0.05) is 12.1 Å². The van der Waals surface area contributed by atoms with Crippen LogP contribution in [0.5, 0.6) is 11.5 Å². The first-order valence-corrected chi connectivity index (χ1v) is 9.48. The number of halogens is 1. The van der Waals surface area contributed by atoms with Gasteiger partial charge in [0, 0.05) is 17.7 Å².